The zero-order valence-electron chi connectivity index (χ0n) is 12.5. The Kier molecular flexibility index (Phi) is 4.39. The highest BCUT2D eigenvalue weighted by atomic mass is 35.5. The first kappa shape index (κ1) is 15.2. The van der Waals surface area contributed by atoms with Crippen LogP contribution in [0.2, 0.25) is 5.02 Å². The Hall–Kier alpha value is -2.66. The lowest BCUT2D eigenvalue weighted by atomic mass is 10.1. The van der Waals surface area contributed by atoms with Gasteiger partial charge in [-0.1, -0.05) is 29.8 Å². The molecule has 6 heteroatoms. The molecular formula is C17H15ClN4O. The third-order valence-electron chi connectivity index (χ3n) is 3.54. The molecule has 0 aliphatic carbocycles. The second-order valence-electron chi connectivity index (χ2n) is 5.16. The lowest BCUT2D eigenvalue weighted by molar-refractivity contribution is 0.102. The van der Waals surface area contributed by atoms with Crippen LogP contribution in [0.4, 0.5) is 5.69 Å². The first-order chi connectivity index (χ1) is 11.1. The summed E-state index contributed by atoms with van der Waals surface area (Å²) in [5.41, 5.74) is 3.21. The topological polar surface area (TPSA) is 59.8 Å². The fourth-order valence-electron chi connectivity index (χ4n) is 2.20. The number of hydrogen-bond donors (Lipinski definition) is 1. The fourth-order valence-corrected chi connectivity index (χ4v) is 2.37. The van der Waals surface area contributed by atoms with E-state index < -0.39 is 0 Å². The van der Waals surface area contributed by atoms with Gasteiger partial charge in [0.25, 0.3) is 5.91 Å². The van der Waals surface area contributed by atoms with Gasteiger partial charge in [0, 0.05) is 16.3 Å². The van der Waals surface area contributed by atoms with Crippen molar-refractivity contribution in [2.75, 3.05) is 5.32 Å². The van der Waals surface area contributed by atoms with Crippen molar-refractivity contribution in [3.05, 3.63) is 76.8 Å². The molecule has 23 heavy (non-hydrogen) atoms. The van der Waals surface area contributed by atoms with Gasteiger partial charge in [-0.2, -0.15) is 5.10 Å². The van der Waals surface area contributed by atoms with Crippen molar-refractivity contribution in [3.63, 3.8) is 0 Å². The van der Waals surface area contributed by atoms with Gasteiger partial charge < -0.3 is 5.32 Å². The van der Waals surface area contributed by atoms with E-state index >= 15 is 0 Å². The number of halogens is 1. The Morgan fingerprint density at radius 1 is 1.22 bits per heavy atom. The van der Waals surface area contributed by atoms with Crippen LogP contribution in [0.15, 0.2) is 55.1 Å². The number of amides is 1. The molecule has 0 aliphatic heterocycles. The molecule has 1 heterocycles. The summed E-state index contributed by atoms with van der Waals surface area (Å²) >= 11 is 6.07. The summed E-state index contributed by atoms with van der Waals surface area (Å²) in [5.74, 6) is -0.164. The number of carbonyl (C=O) groups is 1. The van der Waals surface area contributed by atoms with Crippen molar-refractivity contribution >= 4 is 23.2 Å². The summed E-state index contributed by atoms with van der Waals surface area (Å²) in [6.45, 7) is 2.49. The molecule has 1 amide bonds. The molecule has 3 rings (SSSR count). The summed E-state index contributed by atoms with van der Waals surface area (Å²) in [6, 6.07) is 12.8. The number of rotatable bonds is 4. The standard InChI is InChI=1S/C17H15ClN4O/c1-12-15(18)3-2-4-16(12)21-17(23)14-7-5-13(6-8-14)9-22-11-19-10-20-22/h2-8,10-11H,9H2,1H3,(H,21,23). The summed E-state index contributed by atoms with van der Waals surface area (Å²) in [4.78, 5) is 16.2. The van der Waals surface area contributed by atoms with E-state index in [9.17, 15) is 4.79 Å². The molecule has 0 atom stereocenters. The summed E-state index contributed by atoms with van der Waals surface area (Å²) in [5, 5.41) is 7.57. The van der Waals surface area contributed by atoms with Crippen molar-refractivity contribution in [2.24, 2.45) is 0 Å². The van der Waals surface area contributed by atoms with E-state index in [1.807, 2.05) is 31.2 Å². The Bertz CT molecular complexity index is 813. The SMILES string of the molecule is Cc1c(Cl)cccc1NC(=O)c1ccc(Cn2cncn2)cc1. The van der Waals surface area contributed by atoms with Crippen LogP contribution in [0.1, 0.15) is 21.5 Å². The number of carbonyl (C=O) groups excluding carboxylic acids is 1. The normalized spacial score (nSPS) is 10.5. The van der Waals surface area contributed by atoms with E-state index in [4.69, 9.17) is 11.6 Å². The largest absolute Gasteiger partial charge is 0.322 e. The van der Waals surface area contributed by atoms with Gasteiger partial charge in [0.05, 0.1) is 6.54 Å². The van der Waals surface area contributed by atoms with Gasteiger partial charge in [0.2, 0.25) is 0 Å². The smallest absolute Gasteiger partial charge is 0.255 e. The molecule has 116 valence electrons. The Labute approximate surface area is 138 Å². The minimum atomic E-state index is -0.164. The Balaban J connectivity index is 1.71. The number of nitrogens with one attached hydrogen (secondary N) is 1. The van der Waals surface area contributed by atoms with Crippen LogP contribution in [0.25, 0.3) is 0 Å². The maximum atomic E-state index is 12.3. The molecule has 0 unspecified atom stereocenters. The van der Waals surface area contributed by atoms with Gasteiger partial charge in [-0.3, -0.25) is 4.79 Å². The monoisotopic (exact) mass is 326 g/mol. The van der Waals surface area contributed by atoms with Crippen LogP contribution < -0.4 is 5.32 Å². The van der Waals surface area contributed by atoms with E-state index in [0.29, 0.717) is 22.8 Å². The fraction of sp³-hybridized carbons (Fsp3) is 0.118. The third-order valence-corrected chi connectivity index (χ3v) is 3.95. The van der Waals surface area contributed by atoms with Gasteiger partial charge in [0.15, 0.2) is 0 Å². The van der Waals surface area contributed by atoms with Crippen molar-refractivity contribution in [1.82, 2.24) is 14.8 Å². The highest BCUT2D eigenvalue weighted by Crippen LogP contribution is 2.23. The highest BCUT2D eigenvalue weighted by Gasteiger charge is 2.09. The van der Waals surface area contributed by atoms with Crippen LogP contribution in [-0.2, 0) is 6.54 Å². The number of benzene rings is 2. The van der Waals surface area contributed by atoms with Gasteiger partial charge in [0.1, 0.15) is 12.7 Å². The summed E-state index contributed by atoms with van der Waals surface area (Å²) in [7, 11) is 0. The molecule has 0 saturated carbocycles. The zero-order valence-corrected chi connectivity index (χ0v) is 13.3. The average molecular weight is 327 g/mol. The van der Waals surface area contributed by atoms with E-state index in [1.165, 1.54) is 6.33 Å². The van der Waals surface area contributed by atoms with Crippen molar-refractivity contribution in [1.29, 1.82) is 0 Å². The number of aromatic nitrogens is 3. The van der Waals surface area contributed by atoms with Crippen molar-refractivity contribution in [2.45, 2.75) is 13.5 Å². The van der Waals surface area contributed by atoms with Crippen molar-refractivity contribution in [3.8, 4) is 0 Å². The predicted molar refractivity (Wildman–Crippen MR) is 89.7 cm³/mol. The van der Waals surface area contributed by atoms with Crippen LogP contribution >= 0.6 is 11.6 Å². The first-order valence-corrected chi connectivity index (χ1v) is 7.49. The van der Waals surface area contributed by atoms with E-state index in [0.717, 1.165) is 11.1 Å². The van der Waals surface area contributed by atoms with E-state index in [1.54, 1.807) is 29.2 Å². The van der Waals surface area contributed by atoms with Gasteiger partial charge in [-0.05, 0) is 42.3 Å². The highest BCUT2D eigenvalue weighted by molar-refractivity contribution is 6.31. The van der Waals surface area contributed by atoms with E-state index in [2.05, 4.69) is 15.4 Å². The lowest BCUT2D eigenvalue weighted by Crippen LogP contribution is -2.13. The van der Waals surface area contributed by atoms with Crippen LogP contribution in [0.3, 0.4) is 0 Å². The molecule has 0 saturated heterocycles. The molecule has 1 aromatic heterocycles. The number of anilines is 1. The van der Waals surface area contributed by atoms with Gasteiger partial charge in [-0.15, -0.1) is 0 Å². The number of nitrogens with zero attached hydrogens (tertiary/aromatic N) is 3. The minimum Gasteiger partial charge on any atom is -0.322 e. The maximum absolute atomic E-state index is 12.3. The second-order valence-corrected chi connectivity index (χ2v) is 5.56. The van der Waals surface area contributed by atoms with Crippen LogP contribution in [-0.4, -0.2) is 20.7 Å². The first-order valence-electron chi connectivity index (χ1n) is 7.11. The molecule has 3 aromatic rings. The van der Waals surface area contributed by atoms with Gasteiger partial charge in [-0.25, -0.2) is 9.67 Å². The second kappa shape index (κ2) is 6.62. The lowest BCUT2D eigenvalue weighted by Gasteiger charge is -2.10. The van der Waals surface area contributed by atoms with Crippen molar-refractivity contribution < 1.29 is 4.79 Å². The zero-order chi connectivity index (χ0) is 16.2. The summed E-state index contributed by atoms with van der Waals surface area (Å²) < 4.78 is 1.73. The molecule has 0 bridgehead atoms. The van der Waals surface area contributed by atoms with Gasteiger partial charge >= 0.3 is 0 Å². The molecule has 0 spiro atoms. The maximum Gasteiger partial charge on any atom is 0.255 e. The van der Waals surface area contributed by atoms with E-state index in [-0.39, 0.29) is 5.91 Å². The third kappa shape index (κ3) is 3.57. The molecule has 2 aromatic carbocycles. The molecule has 1 N–H and O–H groups in total. The Morgan fingerprint density at radius 2 is 2.00 bits per heavy atom. The molecule has 0 radical (unpaired) electrons. The number of hydrogen-bond acceptors (Lipinski definition) is 3. The molecule has 0 fully saturated rings. The van der Waals surface area contributed by atoms with Crippen LogP contribution in [0, 0.1) is 6.92 Å². The quantitative estimate of drug-likeness (QED) is 0.797. The summed E-state index contributed by atoms with van der Waals surface area (Å²) in [6.07, 6.45) is 3.15. The predicted octanol–water partition coefficient (Wildman–Crippen LogP) is 3.54. The average Bonchev–Trinajstić information content (AvgIpc) is 3.05. The Morgan fingerprint density at radius 3 is 2.70 bits per heavy atom. The van der Waals surface area contributed by atoms with Crippen LogP contribution in [0.5, 0.6) is 0 Å². The molecule has 0 aliphatic rings. The molecular weight excluding hydrogens is 312 g/mol. The minimum absolute atomic E-state index is 0.164. The molecule has 5 nitrogen and oxygen atoms in total.